The van der Waals surface area contributed by atoms with Crippen LogP contribution in [0.2, 0.25) is 0 Å². The van der Waals surface area contributed by atoms with E-state index in [-0.39, 0.29) is 6.04 Å². The van der Waals surface area contributed by atoms with Crippen LogP contribution in [0.15, 0.2) is 120 Å². The highest BCUT2D eigenvalue weighted by molar-refractivity contribution is 6.00. The van der Waals surface area contributed by atoms with Gasteiger partial charge < -0.3 is 4.90 Å². The Hall–Kier alpha value is -3.84. The van der Waals surface area contributed by atoms with Gasteiger partial charge in [0.1, 0.15) is 0 Å². The standard InChI is InChI=1S/C33H27N/c1-3-13-25(14-4-1)31-29-21-19-23-11-7-9-17-27(23)32(29)34(26-15-5-2-6-16-26)33-28-18-10-8-12-24(28)20-22-30(31)33/h1-18,32H,19-22H2/t32-/m1/s1. The van der Waals surface area contributed by atoms with Gasteiger partial charge in [-0.15, -0.1) is 0 Å². The first-order valence-electron chi connectivity index (χ1n) is 12.4. The number of fused-ring (bicyclic) bond motifs is 5. The predicted molar refractivity (Wildman–Crippen MR) is 141 cm³/mol. The molecule has 4 aromatic rings. The van der Waals surface area contributed by atoms with Crippen molar-refractivity contribution < 1.29 is 0 Å². The summed E-state index contributed by atoms with van der Waals surface area (Å²) in [6.07, 6.45) is 4.40. The highest BCUT2D eigenvalue weighted by Gasteiger charge is 2.41. The fourth-order valence-electron chi connectivity index (χ4n) is 6.36. The fraction of sp³-hybridized carbons (Fsp3) is 0.152. The van der Waals surface area contributed by atoms with Crippen LogP contribution in [0.1, 0.15) is 46.7 Å². The van der Waals surface area contributed by atoms with Crippen molar-refractivity contribution in [1.29, 1.82) is 0 Å². The van der Waals surface area contributed by atoms with Crippen LogP contribution in [0, 0.1) is 0 Å². The van der Waals surface area contributed by atoms with Crippen molar-refractivity contribution in [3.05, 3.63) is 148 Å². The first-order valence-corrected chi connectivity index (χ1v) is 12.4. The van der Waals surface area contributed by atoms with E-state index < -0.39 is 0 Å². The third kappa shape index (κ3) is 2.93. The maximum absolute atomic E-state index is 2.66. The number of hydrogen-bond donors (Lipinski definition) is 0. The second kappa shape index (κ2) is 7.88. The lowest BCUT2D eigenvalue weighted by molar-refractivity contribution is 0.683. The van der Waals surface area contributed by atoms with Gasteiger partial charge in [-0.1, -0.05) is 97.1 Å². The molecule has 0 N–H and O–H groups in total. The molecule has 0 amide bonds. The number of para-hydroxylation sites is 1. The Morgan fingerprint density at radius 3 is 2.03 bits per heavy atom. The van der Waals surface area contributed by atoms with E-state index >= 15 is 0 Å². The molecule has 1 heteroatoms. The van der Waals surface area contributed by atoms with E-state index in [1.165, 1.54) is 50.3 Å². The van der Waals surface area contributed by atoms with Gasteiger partial charge in [0.25, 0.3) is 0 Å². The summed E-state index contributed by atoms with van der Waals surface area (Å²) in [5.74, 6) is 0. The lowest BCUT2D eigenvalue weighted by Crippen LogP contribution is -2.37. The fourth-order valence-corrected chi connectivity index (χ4v) is 6.36. The Labute approximate surface area is 201 Å². The van der Waals surface area contributed by atoms with E-state index in [0.717, 1.165) is 25.7 Å². The third-order valence-electron chi connectivity index (χ3n) is 7.76. The lowest BCUT2D eigenvalue weighted by atomic mass is 9.71. The van der Waals surface area contributed by atoms with Crippen LogP contribution in [-0.2, 0) is 12.8 Å². The molecule has 1 atom stereocenters. The summed E-state index contributed by atoms with van der Waals surface area (Å²) in [7, 11) is 0. The predicted octanol–water partition coefficient (Wildman–Crippen LogP) is 8.01. The molecule has 4 aromatic carbocycles. The van der Waals surface area contributed by atoms with Crippen molar-refractivity contribution in [3.63, 3.8) is 0 Å². The van der Waals surface area contributed by atoms with Crippen LogP contribution in [0.25, 0.3) is 11.3 Å². The Balaban J connectivity index is 1.59. The maximum Gasteiger partial charge on any atom is 0.0817 e. The zero-order valence-corrected chi connectivity index (χ0v) is 19.2. The van der Waals surface area contributed by atoms with Crippen LogP contribution < -0.4 is 4.90 Å². The summed E-state index contributed by atoms with van der Waals surface area (Å²) in [5, 5.41) is 0. The largest absolute Gasteiger partial charge is 0.329 e. The van der Waals surface area contributed by atoms with Gasteiger partial charge in [-0.3, -0.25) is 0 Å². The summed E-state index contributed by atoms with van der Waals surface area (Å²) in [5.41, 5.74) is 14.4. The minimum absolute atomic E-state index is 0.215. The molecule has 0 saturated heterocycles. The molecule has 0 spiro atoms. The highest BCUT2D eigenvalue weighted by atomic mass is 15.2. The first-order chi connectivity index (χ1) is 16.9. The van der Waals surface area contributed by atoms with Crippen molar-refractivity contribution >= 4 is 17.0 Å². The van der Waals surface area contributed by atoms with E-state index in [0.29, 0.717) is 0 Å². The van der Waals surface area contributed by atoms with Crippen molar-refractivity contribution in [2.45, 2.75) is 31.7 Å². The summed E-state index contributed by atoms with van der Waals surface area (Å²) >= 11 is 0. The Morgan fingerprint density at radius 1 is 0.559 bits per heavy atom. The van der Waals surface area contributed by atoms with E-state index in [2.05, 4.69) is 114 Å². The Kier molecular flexibility index (Phi) is 4.55. The molecule has 7 rings (SSSR count). The van der Waals surface area contributed by atoms with Gasteiger partial charge in [-0.25, -0.2) is 0 Å². The average Bonchev–Trinajstić information content (AvgIpc) is 2.92. The lowest BCUT2D eigenvalue weighted by Gasteiger charge is -2.47. The molecule has 1 nitrogen and oxygen atoms in total. The minimum Gasteiger partial charge on any atom is -0.329 e. The van der Waals surface area contributed by atoms with Crippen LogP contribution in [0.3, 0.4) is 0 Å². The summed E-state index contributed by atoms with van der Waals surface area (Å²) in [4.78, 5) is 2.66. The van der Waals surface area contributed by atoms with Crippen molar-refractivity contribution in [2.24, 2.45) is 0 Å². The molecule has 0 saturated carbocycles. The number of allylic oxidation sites excluding steroid dienone is 2. The monoisotopic (exact) mass is 437 g/mol. The first kappa shape index (κ1) is 19.6. The quantitative estimate of drug-likeness (QED) is 0.307. The number of nitrogens with zero attached hydrogens (tertiary/aromatic N) is 1. The van der Waals surface area contributed by atoms with E-state index in [9.17, 15) is 0 Å². The van der Waals surface area contributed by atoms with Gasteiger partial charge in [0.2, 0.25) is 0 Å². The van der Waals surface area contributed by atoms with Crippen LogP contribution in [0.4, 0.5) is 5.69 Å². The molecule has 0 unspecified atom stereocenters. The van der Waals surface area contributed by atoms with Crippen LogP contribution >= 0.6 is 0 Å². The number of hydrogen-bond acceptors (Lipinski definition) is 1. The summed E-state index contributed by atoms with van der Waals surface area (Å²) < 4.78 is 0. The Morgan fingerprint density at radius 2 is 1.21 bits per heavy atom. The van der Waals surface area contributed by atoms with Gasteiger partial charge >= 0.3 is 0 Å². The van der Waals surface area contributed by atoms with Crippen molar-refractivity contribution in [2.75, 3.05) is 4.90 Å². The van der Waals surface area contributed by atoms with E-state index in [4.69, 9.17) is 0 Å². The smallest absolute Gasteiger partial charge is 0.0817 e. The topological polar surface area (TPSA) is 3.24 Å². The number of rotatable bonds is 2. The zero-order chi connectivity index (χ0) is 22.5. The normalized spacial score (nSPS) is 18.7. The van der Waals surface area contributed by atoms with Gasteiger partial charge in [0.15, 0.2) is 0 Å². The molecule has 3 aliphatic rings. The molecule has 1 aliphatic heterocycles. The molecule has 34 heavy (non-hydrogen) atoms. The molecule has 1 heterocycles. The van der Waals surface area contributed by atoms with E-state index in [1.54, 1.807) is 5.57 Å². The molecule has 0 aromatic heterocycles. The number of aryl methyl sites for hydroxylation is 2. The molecular weight excluding hydrogens is 410 g/mol. The van der Waals surface area contributed by atoms with Crippen molar-refractivity contribution in [3.8, 4) is 0 Å². The number of anilines is 1. The second-order valence-corrected chi connectivity index (χ2v) is 9.56. The van der Waals surface area contributed by atoms with Gasteiger partial charge in [0, 0.05) is 11.3 Å². The SMILES string of the molecule is c1ccc(C2=C3CCc4ccccc4[C@H]3N(c3ccccc3)C3=C2CCc2ccccc23)cc1. The highest BCUT2D eigenvalue weighted by Crippen LogP contribution is 2.55. The molecule has 164 valence electrons. The molecule has 2 aliphatic carbocycles. The molecular formula is C33H27N. The van der Waals surface area contributed by atoms with Crippen molar-refractivity contribution in [1.82, 2.24) is 0 Å². The number of benzene rings is 4. The third-order valence-corrected chi connectivity index (χ3v) is 7.76. The molecule has 0 fully saturated rings. The molecule has 0 radical (unpaired) electrons. The van der Waals surface area contributed by atoms with Crippen LogP contribution in [0.5, 0.6) is 0 Å². The summed E-state index contributed by atoms with van der Waals surface area (Å²) in [6.45, 7) is 0. The van der Waals surface area contributed by atoms with Gasteiger partial charge in [-0.2, -0.15) is 0 Å². The Bertz CT molecular complexity index is 1440. The van der Waals surface area contributed by atoms with Gasteiger partial charge in [-0.05, 0) is 76.8 Å². The average molecular weight is 438 g/mol. The summed E-state index contributed by atoms with van der Waals surface area (Å²) in [6, 6.07) is 40.5. The zero-order valence-electron chi connectivity index (χ0n) is 19.2. The van der Waals surface area contributed by atoms with E-state index in [1.807, 2.05) is 0 Å². The minimum atomic E-state index is 0.215. The maximum atomic E-state index is 2.66. The van der Waals surface area contributed by atoms with Gasteiger partial charge in [0.05, 0.1) is 11.7 Å². The van der Waals surface area contributed by atoms with Crippen LogP contribution in [-0.4, -0.2) is 0 Å². The second-order valence-electron chi connectivity index (χ2n) is 9.56. The molecule has 0 bridgehead atoms.